The lowest BCUT2D eigenvalue weighted by atomic mass is 9.84. The summed E-state index contributed by atoms with van der Waals surface area (Å²) in [5.74, 6) is 0.650. The van der Waals surface area contributed by atoms with Crippen molar-refractivity contribution in [2.45, 2.75) is 25.8 Å². The summed E-state index contributed by atoms with van der Waals surface area (Å²) in [4.78, 5) is 23.8. The van der Waals surface area contributed by atoms with E-state index in [2.05, 4.69) is 35.3 Å². The maximum Gasteiger partial charge on any atom is 0.290 e. The Morgan fingerprint density at radius 1 is 1.19 bits per heavy atom. The van der Waals surface area contributed by atoms with Crippen LogP contribution in [0.4, 0.5) is 0 Å². The molecule has 3 fully saturated rings. The van der Waals surface area contributed by atoms with Gasteiger partial charge >= 0.3 is 0 Å². The fourth-order valence-electron chi connectivity index (χ4n) is 4.87. The molecule has 7 nitrogen and oxygen atoms in total. The van der Waals surface area contributed by atoms with Crippen molar-refractivity contribution in [2.75, 3.05) is 19.6 Å². The van der Waals surface area contributed by atoms with Crippen LogP contribution in [0.1, 0.15) is 28.8 Å². The normalized spacial score (nSPS) is 21.9. The first kappa shape index (κ1) is 21.1. The van der Waals surface area contributed by atoms with E-state index in [1.54, 1.807) is 0 Å². The maximum atomic E-state index is 13.0. The standard InChI is InChI=1S/C23H26N4O.CH2O2/c1-15-5-3-8-20-21(15)22(25-26(20)2)17-6-4-7-18(13-17)23(28)24-19-14-27-11-9-16(19)10-12-27;2-1-3/h3-8,13,16,19H,9-12,14H2,1-2H3,(H,24,28);1H,(H,2,3). The molecule has 2 aromatic carbocycles. The van der Waals surface area contributed by atoms with Gasteiger partial charge in [-0.2, -0.15) is 5.10 Å². The van der Waals surface area contributed by atoms with Crippen molar-refractivity contribution in [1.82, 2.24) is 20.0 Å². The van der Waals surface area contributed by atoms with Crippen LogP contribution in [-0.2, 0) is 11.8 Å². The van der Waals surface area contributed by atoms with Crippen LogP contribution in [0.3, 0.4) is 0 Å². The van der Waals surface area contributed by atoms with Gasteiger partial charge in [0.25, 0.3) is 12.4 Å². The van der Waals surface area contributed by atoms with Crippen LogP contribution in [0.5, 0.6) is 0 Å². The Bertz CT molecular complexity index is 1100. The van der Waals surface area contributed by atoms with Crippen molar-refractivity contribution in [2.24, 2.45) is 13.0 Å². The second-order valence-corrected chi connectivity index (χ2v) is 8.35. The summed E-state index contributed by atoms with van der Waals surface area (Å²) in [6.45, 7) is 5.20. The van der Waals surface area contributed by atoms with Crippen molar-refractivity contribution >= 4 is 23.3 Å². The molecule has 1 aromatic heterocycles. The summed E-state index contributed by atoms with van der Waals surface area (Å²) in [6.07, 6.45) is 2.40. The number of piperidine rings is 3. The molecule has 0 spiro atoms. The molecule has 0 radical (unpaired) electrons. The third-order valence-electron chi connectivity index (χ3n) is 6.46. The first-order chi connectivity index (χ1) is 15.0. The third-order valence-corrected chi connectivity index (χ3v) is 6.46. The number of hydrogen-bond acceptors (Lipinski definition) is 4. The summed E-state index contributed by atoms with van der Waals surface area (Å²) >= 11 is 0. The Labute approximate surface area is 181 Å². The van der Waals surface area contributed by atoms with E-state index in [0.717, 1.165) is 28.7 Å². The molecule has 0 saturated carbocycles. The molecule has 31 heavy (non-hydrogen) atoms. The van der Waals surface area contributed by atoms with Crippen molar-refractivity contribution in [3.05, 3.63) is 53.6 Å². The van der Waals surface area contributed by atoms with E-state index < -0.39 is 0 Å². The minimum Gasteiger partial charge on any atom is -0.483 e. The van der Waals surface area contributed by atoms with Gasteiger partial charge in [-0.15, -0.1) is 0 Å². The number of carbonyl (C=O) groups excluding carboxylic acids is 1. The average Bonchev–Trinajstić information content (AvgIpc) is 3.13. The van der Waals surface area contributed by atoms with E-state index in [-0.39, 0.29) is 18.4 Å². The zero-order chi connectivity index (χ0) is 22.0. The molecule has 3 saturated heterocycles. The lowest BCUT2D eigenvalue weighted by Crippen LogP contribution is -2.57. The minimum absolute atomic E-state index is 0.0255. The quantitative estimate of drug-likeness (QED) is 0.636. The lowest BCUT2D eigenvalue weighted by Gasteiger charge is -2.44. The molecule has 3 aliphatic rings. The Morgan fingerprint density at radius 2 is 1.90 bits per heavy atom. The lowest BCUT2D eigenvalue weighted by molar-refractivity contribution is -0.122. The van der Waals surface area contributed by atoms with Gasteiger partial charge in [0.15, 0.2) is 0 Å². The first-order valence-electron chi connectivity index (χ1n) is 10.7. The SMILES string of the molecule is Cc1cccc2c1c(-c1cccc(C(=O)NC3CN4CCC3CC4)c1)nn2C.O=CO. The van der Waals surface area contributed by atoms with E-state index in [1.165, 1.54) is 31.5 Å². The van der Waals surface area contributed by atoms with Crippen molar-refractivity contribution in [3.8, 4) is 11.3 Å². The first-order valence-corrected chi connectivity index (χ1v) is 10.7. The number of nitrogens with zero attached hydrogens (tertiary/aromatic N) is 3. The summed E-state index contributed by atoms with van der Waals surface area (Å²) in [6, 6.07) is 14.4. The number of rotatable bonds is 3. The van der Waals surface area contributed by atoms with Gasteiger partial charge < -0.3 is 15.3 Å². The van der Waals surface area contributed by atoms with Crippen LogP contribution in [0, 0.1) is 12.8 Å². The Hall–Kier alpha value is -3.19. The van der Waals surface area contributed by atoms with E-state index in [0.29, 0.717) is 11.5 Å². The second-order valence-electron chi connectivity index (χ2n) is 8.35. The highest BCUT2D eigenvalue weighted by Gasteiger charge is 2.35. The molecule has 0 aliphatic carbocycles. The van der Waals surface area contributed by atoms with Gasteiger partial charge in [0, 0.05) is 36.1 Å². The predicted molar refractivity (Wildman–Crippen MR) is 120 cm³/mol. The number of nitrogens with one attached hydrogen (secondary N) is 1. The van der Waals surface area contributed by atoms with Crippen LogP contribution >= 0.6 is 0 Å². The molecule has 2 N–H and O–H groups in total. The average molecular weight is 421 g/mol. The van der Waals surface area contributed by atoms with Crippen molar-refractivity contribution in [3.63, 3.8) is 0 Å². The molecule has 4 heterocycles. The second kappa shape index (κ2) is 8.89. The van der Waals surface area contributed by atoms with Gasteiger partial charge in [0.1, 0.15) is 5.69 Å². The van der Waals surface area contributed by atoms with Gasteiger partial charge in [0.2, 0.25) is 0 Å². The number of aromatic nitrogens is 2. The number of benzene rings is 2. The van der Waals surface area contributed by atoms with E-state index in [9.17, 15) is 4.79 Å². The fraction of sp³-hybridized carbons (Fsp3) is 0.375. The fourth-order valence-corrected chi connectivity index (χ4v) is 4.87. The summed E-state index contributed by atoms with van der Waals surface area (Å²) in [5, 5.41) is 16.1. The molecule has 2 bridgehead atoms. The summed E-state index contributed by atoms with van der Waals surface area (Å²) in [7, 11) is 1.97. The Morgan fingerprint density at radius 3 is 2.58 bits per heavy atom. The monoisotopic (exact) mass is 420 g/mol. The summed E-state index contributed by atoms with van der Waals surface area (Å²) in [5.41, 5.74) is 4.94. The van der Waals surface area contributed by atoms with E-state index >= 15 is 0 Å². The van der Waals surface area contributed by atoms with Crippen molar-refractivity contribution in [1.29, 1.82) is 0 Å². The van der Waals surface area contributed by atoms with E-state index in [4.69, 9.17) is 15.0 Å². The molecule has 162 valence electrons. The Kier molecular flexibility index (Phi) is 6.04. The molecular weight excluding hydrogens is 392 g/mol. The largest absolute Gasteiger partial charge is 0.483 e. The third kappa shape index (κ3) is 4.18. The zero-order valence-electron chi connectivity index (χ0n) is 17.9. The number of amides is 1. The Balaban J connectivity index is 0.000000730. The molecule has 7 heteroatoms. The smallest absolute Gasteiger partial charge is 0.290 e. The van der Waals surface area contributed by atoms with Crippen LogP contribution in [0.25, 0.3) is 22.2 Å². The number of aryl methyl sites for hydroxylation is 2. The number of carbonyl (C=O) groups is 2. The molecule has 1 unspecified atom stereocenters. The molecule has 3 aromatic rings. The van der Waals surface area contributed by atoms with Crippen LogP contribution in [-0.4, -0.2) is 57.8 Å². The number of carboxylic acid groups (broad SMARTS) is 1. The van der Waals surface area contributed by atoms with Gasteiger partial charge in [0.05, 0.1) is 5.52 Å². The highest BCUT2D eigenvalue weighted by atomic mass is 16.3. The maximum absolute atomic E-state index is 13.0. The van der Waals surface area contributed by atoms with Crippen LogP contribution < -0.4 is 5.32 Å². The van der Waals surface area contributed by atoms with Gasteiger partial charge in [-0.05, 0) is 62.5 Å². The number of fused-ring (bicyclic) bond motifs is 4. The number of hydrogen-bond donors (Lipinski definition) is 2. The van der Waals surface area contributed by atoms with E-state index in [1.807, 2.05) is 36.0 Å². The van der Waals surface area contributed by atoms with Crippen LogP contribution in [0.2, 0.25) is 0 Å². The molecule has 6 rings (SSSR count). The highest BCUT2D eigenvalue weighted by molar-refractivity contribution is 5.99. The molecule has 1 amide bonds. The highest BCUT2D eigenvalue weighted by Crippen LogP contribution is 2.31. The molecule has 3 aliphatic heterocycles. The minimum atomic E-state index is -0.250. The summed E-state index contributed by atoms with van der Waals surface area (Å²) < 4.78 is 1.91. The topological polar surface area (TPSA) is 87.5 Å². The molecule has 1 atom stereocenters. The van der Waals surface area contributed by atoms with Crippen LogP contribution in [0.15, 0.2) is 42.5 Å². The van der Waals surface area contributed by atoms with Gasteiger partial charge in [-0.1, -0.05) is 24.3 Å². The predicted octanol–water partition coefficient (Wildman–Crippen LogP) is 3.07. The zero-order valence-corrected chi connectivity index (χ0v) is 17.9. The van der Waals surface area contributed by atoms with Gasteiger partial charge in [-0.3, -0.25) is 14.3 Å². The molecular formula is C24H28N4O3. The van der Waals surface area contributed by atoms with Crippen molar-refractivity contribution < 1.29 is 14.7 Å². The van der Waals surface area contributed by atoms with Gasteiger partial charge in [-0.25, -0.2) is 0 Å².